The van der Waals surface area contributed by atoms with Gasteiger partial charge < -0.3 is 15.2 Å². The van der Waals surface area contributed by atoms with Crippen molar-refractivity contribution in [3.05, 3.63) is 46.2 Å². The Bertz CT molecular complexity index is 744. The maximum absolute atomic E-state index is 12.4. The van der Waals surface area contributed by atoms with Crippen molar-refractivity contribution in [1.82, 2.24) is 15.2 Å². The highest BCUT2D eigenvalue weighted by Crippen LogP contribution is 2.18. The Morgan fingerprint density at radius 2 is 2.14 bits per heavy atom. The molecule has 1 saturated carbocycles. The lowest BCUT2D eigenvalue weighted by molar-refractivity contribution is 0.785. The molecule has 0 atom stereocenters. The normalized spacial score (nSPS) is 15.2. The van der Waals surface area contributed by atoms with E-state index < -0.39 is 0 Å². The molecule has 0 aliphatic heterocycles. The molecule has 0 unspecified atom stereocenters. The standard InChI is InChI=1S/C16H20N4O/c1-17-16(19-13-7-8-13)18-10-12-9-11-5-3-4-6-14(11)20(2)15(12)21/h3-6,9,13H,7-8,10H2,1-2H3,(H2,17,18,19). The first-order chi connectivity index (χ1) is 10.2. The second kappa shape index (κ2) is 5.60. The van der Waals surface area contributed by atoms with Crippen LogP contribution in [0.3, 0.4) is 0 Å². The van der Waals surface area contributed by atoms with Crippen molar-refractivity contribution < 1.29 is 0 Å². The zero-order valence-electron chi connectivity index (χ0n) is 12.4. The number of aryl methyl sites for hydroxylation is 1. The van der Waals surface area contributed by atoms with E-state index in [1.807, 2.05) is 37.4 Å². The Morgan fingerprint density at radius 3 is 2.86 bits per heavy atom. The average molecular weight is 284 g/mol. The van der Waals surface area contributed by atoms with Gasteiger partial charge in [0.2, 0.25) is 0 Å². The minimum absolute atomic E-state index is 0.0306. The first kappa shape index (κ1) is 13.7. The van der Waals surface area contributed by atoms with Crippen LogP contribution in [-0.4, -0.2) is 23.6 Å². The quantitative estimate of drug-likeness (QED) is 0.661. The van der Waals surface area contributed by atoms with Crippen LogP contribution in [0.2, 0.25) is 0 Å². The van der Waals surface area contributed by atoms with Crippen LogP contribution in [0.25, 0.3) is 10.9 Å². The van der Waals surface area contributed by atoms with E-state index in [2.05, 4.69) is 15.6 Å². The predicted molar refractivity (Wildman–Crippen MR) is 85.5 cm³/mol. The summed E-state index contributed by atoms with van der Waals surface area (Å²) >= 11 is 0. The van der Waals surface area contributed by atoms with Crippen molar-refractivity contribution in [2.45, 2.75) is 25.4 Å². The van der Waals surface area contributed by atoms with Crippen LogP contribution in [-0.2, 0) is 13.6 Å². The Labute approximate surface area is 123 Å². The second-order valence-electron chi connectivity index (χ2n) is 5.44. The third kappa shape index (κ3) is 2.91. The van der Waals surface area contributed by atoms with E-state index in [1.165, 1.54) is 12.8 Å². The molecule has 0 spiro atoms. The van der Waals surface area contributed by atoms with E-state index in [0.717, 1.165) is 22.4 Å². The largest absolute Gasteiger partial charge is 0.354 e. The summed E-state index contributed by atoms with van der Waals surface area (Å²) in [5, 5.41) is 7.60. The van der Waals surface area contributed by atoms with Crippen molar-refractivity contribution in [2.75, 3.05) is 7.05 Å². The van der Waals surface area contributed by atoms with Crippen molar-refractivity contribution in [3.8, 4) is 0 Å². The van der Waals surface area contributed by atoms with E-state index >= 15 is 0 Å². The topological polar surface area (TPSA) is 58.4 Å². The molecule has 2 aromatic rings. The number of nitrogens with zero attached hydrogens (tertiary/aromatic N) is 2. The third-order valence-electron chi connectivity index (χ3n) is 3.80. The molecule has 1 aliphatic rings. The molecular formula is C16H20N4O. The zero-order valence-corrected chi connectivity index (χ0v) is 12.4. The molecule has 3 rings (SSSR count). The maximum atomic E-state index is 12.4. The molecule has 21 heavy (non-hydrogen) atoms. The van der Waals surface area contributed by atoms with Gasteiger partial charge in [-0.05, 0) is 30.4 Å². The number of rotatable bonds is 3. The fourth-order valence-corrected chi connectivity index (χ4v) is 2.41. The lowest BCUT2D eigenvalue weighted by atomic mass is 10.1. The van der Waals surface area contributed by atoms with Crippen LogP contribution >= 0.6 is 0 Å². The summed E-state index contributed by atoms with van der Waals surface area (Å²) in [6.45, 7) is 0.476. The number of benzene rings is 1. The van der Waals surface area contributed by atoms with Crippen molar-refractivity contribution in [3.63, 3.8) is 0 Å². The Hall–Kier alpha value is -2.30. The lowest BCUT2D eigenvalue weighted by Gasteiger charge is -2.12. The fourth-order valence-electron chi connectivity index (χ4n) is 2.41. The smallest absolute Gasteiger partial charge is 0.255 e. The van der Waals surface area contributed by atoms with Crippen LogP contribution in [0.1, 0.15) is 18.4 Å². The summed E-state index contributed by atoms with van der Waals surface area (Å²) < 4.78 is 1.70. The first-order valence-corrected chi connectivity index (χ1v) is 7.24. The van der Waals surface area contributed by atoms with Crippen LogP contribution < -0.4 is 16.2 Å². The summed E-state index contributed by atoms with van der Waals surface area (Å²) in [6.07, 6.45) is 2.39. The molecule has 0 amide bonds. The molecule has 1 heterocycles. The SMILES string of the molecule is CN=C(NCc1cc2ccccc2n(C)c1=O)NC1CC1. The highest BCUT2D eigenvalue weighted by molar-refractivity contribution is 5.81. The Balaban J connectivity index is 1.83. The number of fused-ring (bicyclic) bond motifs is 1. The number of pyridine rings is 1. The fraction of sp³-hybridized carbons (Fsp3) is 0.375. The molecule has 5 heteroatoms. The van der Waals surface area contributed by atoms with E-state index in [0.29, 0.717) is 12.6 Å². The number of nitrogens with one attached hydrogen (secondary N) is 2. The molecule has 1 fully saturated rings. The molecule has 0 bridgehead atoms. The summed E-state index contributed by atoms with van der Waals surface area (Å²) in [4.78, 5) is 16.6. The lowest BCUT2D eigenvalue weighted by Crippen LogP contribution is -2.39. The minimum Gasteiger partial charge on any atom is -0.354 e. The van der Waals surface area contributed by atoms with Gasteiger partial charge >= 0.3 is 0 Å². The van der Waals surface area contributed by atoms with Gasteiger partial charge in [-0.25, -0.2) is 0 Å². The Morgan fingerprint density at radius 1 is 1.38 bits per heavy atom. The van der Waals surface area contributed by atoms with Crippen LogP contribution in [0.15, 0.2) is 40.1 Å². The van der Waals surface area contributed by atoms with Crippen molar-refractivity contribution in [2.24, 2.45) is 12.0 Å². The molecule has 1 aromatic carbocycles. The van der Waals surface area contributed by atoms with Crippen LogP contribution in [0, 0.1) is 0 Å². The van der Waals surface area contributed by atoms with Gasteiger partial charge in [0.15, 0.2) is 5.96 Å². The van der Waals surface area contributed by atoms with E-state index in [-0.39, 0.29) is 5.56 Å². The zero-order chi connectivity index (χ0) is 14.8. The van der Waals surface area contributed by atoms with Gasteiger partial charge in [0.25, 0.3) is 5.56 Å². The monoisotopic (exact) mass is 284 g/mol. The maximum Gasteiger partial charge on any atom is 0.255 e. The van der Waals surface area contributed by atoms with Gasteiger partial charge in [0.05, 0.1) is 5.52 Å². The van der Waals surface area contributed by atoms with Gasteiger partial charge in [-0.3, -0.25) is 9.79 Å². The number of para-hydroxylation sites is 1. The van der Waals surface area contributed by atoms with Crippen molar-refractivity contribution >= 4 is 16.9 Å². The predicted octanol–water partition coefficient (Wildman–Crippen LogP) is 1.37. The average Bonchev–Trinajstić information content (AvgIpc) is 3.32. The number of hydrogen-bond acceptors (Lipinski definition) is 2. The summed E-state index contributed by atoms with van der Waals surface area (Å²) in [6, 6.07) is 10.4. The van der Waals surface area contributed by atoms with Gasteiger partial charge in [-0.1, -0.05) is 18.2 Å². The summed E-state index contributed by atoms with van der Waals surface area (Å²) in [7, 11) is 3.56. The van der Waals surface area contributed by atoms with Gasteiger partial charge in [-0.2, -0.15) is 0 Å². The molecule has 0 saturated heterocycles. The van der Waals surface area contributed by atoms with E-state index in [1.54, 1.807) is 11.6 Å². The van der Waals surface area contributed by atoms with E-state index in [9.17, 15) is 4.79 Å². The highest BCUT2D eigenvalue weighted by atomic mass is 16.1. The number of hydrogen-bond donors (Lipinski definition) is 2. The summed E-state index contributed by atoms with van der Waals surface area (Å²) in [5.74, 6) is 0.757. The van der Waals surface area contributed by atoms with E-state index in [4.69, 9.17) is 0 Å². The van der Waals surface area contributed by atoms with Gasteiger partial charge in [-0.15, -0.1) is 0 Å². The van der Waals surface area contributed by atoms with Gasteiger partial charge in [0.1, 0.15) is 0 Å². The molecular weight excluding hydrogens is 264 g/mol. The second-order valence-corrected chi connectivity index (χ2v) is 5.44. The molecule has 5 nitrogen and oxygen atoms in total. The molecule has 1 aliphatic carbocycles. The van der Waals surface area contributed by atoms with Crippen LogP contribution in [0.4, 0.5) is 0 Å². The molecule has 1 aromatic heterocycles. The number of aromatic nitrogens is 1. The molecule has 110 valence electrons. The third-order valence-corrected chi connectivity index (χ3v) is 3.80. The summed E-state index contributed by atoms with van der Waals surface area (Å²) in [5.41, 5.74) is 1.73. The molecule has 0 radical (unpaired) electrons. The van der Waals surface area contributed by atoms with Crippen LogP contribution in [0.5, 0.6) is 0 Å². The van der Waals surface area contributed by atoms with Crippen molar-refractivity contribution in [1.29, 1.82) is 0 Å². The first-order valence-electron chi connectivity index (χ1n) is 7.24. The highest BCUT2D eigenvalue weighted by Gasteiger charge is 2.22. The minimum atomic E-state index is 0.0306. The molecule has 2 N–H and O–H groups in total. The Kier molecular flexibility index (Phi) is 3.64. The number of guanidine groups is 1. The van der Waals surface area contributed by atoms with Gasteiger partial charge in [0, 0.05) is 32.2 Å². The number of aliphatic imine (C=N–C) groups is 1.